The van der Waals surface area contributed by atoms with Crippen LogP contribution in [0.3, 0.4) is 0 Å². The fourth-order valence-corrected chi connectivity index (χ4v) is 2.70. The molecule has 0 fully saturated rings. The summed E-state index contributed by atoms with van der Waals surface area (Å²) in [7, 11) is 0. The van der Waals surface area contributed by atoms with Gasteiger partial charge in [0.2, 0.25) is 0 Å². The van der Waals surface area contributed by atoms with E-state index in [1.807, 2.05) is 19.1 Å². The Morgan fingerprint density at radius 1 is 1.26 bits per heavy atom. The van der Waals surface area contributed by atoms with Crippen LogP contribution in [0.2, 0.25) is 5.02 Å². The van der Waals surface area contributed by atoms with Crippen LogP contribution in [0.1, 0.15) is 44.6 Å². The molecule has 2 aromatic rings. The molecule has 0 amide bonds. The monoisotopic (exact) mass is 279 g/mol. The van der Waals surface area contributed by atoms with Gasteiger partial charge >= 0.3 is 0 Å². The second kappa shape index (κ2) is 5.98. The van der Waals surface area contributed by atoms with E-state index in [4.69, 9.17) is 16.0 Å². The van der Waals surface area contributed by atoms with Gasteiger partial charge in [0, 0.05) is 10.4 Å². The highest BCUT2D eigenvalue weighted by Crippen LogP contribution is 2.31. The minimum atomic E-state index is 0.255. The normalized spacial score (nSPS) is 13.4. The van der Waals surface area contributed by atoms with Crippen LogP contribution in [0.5, 0.6) is 0 Å². The van der Waals surface area contributed by atoms with Crippen molar-refractivity contribution in [2.75, 3.05) is 6.54 Å². The van der Waals surface area contributed by atoms with Crippen LogP contribution in [0.15, 0.2) is 22.6 Å². The topological polar surface area (TPSA) is 25.2 Å². The average molecular weight is 280 g/mol. The molecule has 0 radical (unpaired) electrons. The molecule has 104 valence electrons. The lowest BCUT2D eigenvalue weighted by atomic mass is 10.0. The third-order valence-corrected chi connectivity index (χ3v) is 3.59. The van der Waals surface area contributed by atoms with Crippen LogP contribution < -0.4 is 5.32 Å². The zero-order valence-corrected chi connectivity index (χ0v) is 12.8. The number of aryl methyl sites for hydroxylation is 1. The van der Waals surface area contributed by atoms with Gasteiger partial charge in [-0.05, 0) is 49.6 Å². The molecule has 1 heterocycles. The van der Waals surface area contributed by atoms with Crippen LogP contribution in [-0.2, 0) is 0 Å². The van der Waals surface area contributed by atoms with Gasteiger partial charge in [0.05, 0.1) is 6.04 Å². The number of benzene rings is 1. The molecule has 1 atom stereocenters. The number of halogens is 1. The van der Waals surface area contributed by atoms with Crippen molar-refractivity contribution in [2.45, 2.75) is 40.2 Å². The summed E-state index contributed by atoms with van der Waals surface area (Å²) in [5, 5.41) is 5.40. The van der Waals surface area contributed by atoms with E-state index >= 15 is 0 Å². The molecule has 1 N–H and O–H groups in total. The van der Waals surface area contributed by atoms with Gasteiger partial charge in [-0.15, -0.1) is 0 Å². The predicted octanol–water partition coefficient (Wildman–Crippen LogP) is 5.09. The van der Waals surface area contributed by atoms with Crippen molar-refractivity contribution in [1.82, 2.24) is 5.32 Å². The summed E-state index contributed by atoms with van der Waals surface area (Å²) in [6.07, 6.45) is 1.12. The Morgan fingerprint density at radius 3 is 2.63 bits per heavy atom. The van der Waals surface area contributed by atoms with E-state index in [2.05, 4.69) is 32.2 Å². The summed E-state index contributed by atoms with van der Waals surface area (Å²) in [5.41, 5.74) is 2.04. The molecule has 1 aromatic heterocycles. The Bertz CT molecular complexity index is 559. The van der Waals surface area contributed by atoms with Gasteiger partial charge in [0.15, 0.2) is 0 Å². The first-order valence-corrected chi connectivity index (χ1v) is 7.33. The molecule has 3 heteroatoms. The first kappa shape index (κ1) is 14.4. The van der Waals surface area contributed by atoms with Gasteiger partial charge in [-0.3, -0.25) is 0 Å². The van der Waals surface area contributed by atoms with Crippen LogP contribution >= 0.6 is 11.6 Å². The van der Waals surface area contributed by atoms with Gasteiger partial charge in [0.25, 0.3) is 0 Å². The molecule has 2 rings (SSSR count). The van der Waals surface area contributed by atoms with Crippen molar-refractivity contribution in [2.24, 2.45) is 5.92 Å². The van der Waals surface area contributed by atoms with Crippen molar-refractivity contribution < 1.29 is 4.42 Å². The maximum Gasteiger partial charge on any atom is 0.137 e. The number of rotatable bonds is 5. The molecular weight excluding hydrogens is 258 g/mol. The van der Waals surface area contributed by atoms with Gasteiger partial charge in [-0.2, -0.15) is 0 Å². The van der Waals surface area contributed by atoms with E-state index in [1.165, 1.54) is 0 Å². The number of nitrogens with one attached hydrogen (secondary N) is 1. The lowest BCUT2D eigenvalue weighted by Crippen LogP contribution is -2.25. The minimum Gasteiger partial charge on any atom is -0.459 e. The zero-order chi connectivity index (χ0) is 14.0. The molecule has 0 aliphatic heterocycles. The standard InChI is InChI=1S/C16H22ClNO/c1-5-6-18-15(10(2)3)14-9-12-8-13(17)7-11(4)16(12)19-14/h7-10,15,18H,5-6H2,1-4H3. The number of fused-ring (bicyclic) bond motifs is 1. The van der Waals surface area contributed by atoms with Crippen molar-refractivity contribution >= 4 is 22.6 Å². The smallest absolute Gasteiger partial charge is 0.137 e. The van der Waals surface area contributed by atoms with Crippen LogP contribution in [0.25, 0.3) is 11.0 Å². The highest BCUT2D eigenvalue weighted by atomic mass is 35.5. The molecular formula is C16H22ClNO. The van der Waals surface area contributed by atoms with E-state index in [-0.39, 0.29) is 6.04 Å². The van der Waals surface area contributed by atoms with Crippen LogP contribution in [-0.4, -0.2) is 6.54 Å². The van der Waals surface area contributed by atoms with Crippen LogP contribution in [0.4, 0.5) is 0 Å². The number of furan rings is 1. The first-order valence-electron chi connectivity index (χ1n) is 6.96. The SMILES string of the molecule is CCCNC(c1cc2cc(Cl)cc(C)c2o1)C(C)C. The molecule has 0 saturated carbocycles. The molecule has 2 nitrogen and oxygen atoms in total. The second-order valence-electron chi connectivity index (χ2n) is 5.47. The third kappa shape index (κ3) is 3.13. The summed E-state index contributed by atoms with van der Waals surface area (Å²) in [6, 6.07) is 6.28. The first-order chi connectivity index (χ1) is 9.02. The van der Waals surface area contributed by atoms with Gasteiger partial charge in [0.1, 0.15) is 11.3 Å². The number of hydrogen-bond acceptors (Lipinski definition) is 2. The molecule has 0 saturated heterocycles. The summed E-state index contributed by atoms with van der Waals surface area (Å²) < 4.78 is 6.05. The Labute approximate surface area is 120 Å². The fourth-order valence-electron chi connectivity index (χ4n) is 2.42. The van der Waals surface area contributed by atoms with Crippen molar-refractivity contribution in [3.8, 4) is 0 Å². The largest absolute Gasteiger partial charge is 0.459 e. The molecule has 0 spiro atoms. The molecule has 1 unspecified atom stereocenters. The predicted molar refractivity (Wildman–Crippen MR) is 81.8 cm³/mol. The fraction of sp³-hybridized carbons (Fsp3) is 0.500. The van der Waals surface area contributed by atoms with Gasteiger partial charge < -0.3 is 9.73 Å². The maximum atomic E-state index is 6.10. The highest BCUT2D eigenvalue weighted by molar-refractivity contribution is 6.31. The van der Waals surface area contributed by atoms with E-state index in [0.717, 1.165) is 40.3 Å². The van der Waals surface area contributed by atoms with Crippen molar-refractivity contribution in [3.05, 3.63) is 34.5 Å². The third-order valence-electron chi connectivity index (χ3n) is 3.37. The summed E-state index contributed by atoms with van der Waals surface area (Å²) in [6.45, 7) is 9.62. The van der Waals surface area contributed by atoms with Crippen molar-refractivity contribution in [1.29, 1.82) is 0 Å². The Balaban J connectivity index is 2.40. The van der Waals surface area contributed by atoms with E-state index in [0.29, 0.717) is 5.92 Å². The van der Waals surface area contributed by atoms with E-state index in [1.54, 1.807) is 0 Å². The Morgan fingerprint density at radius 2 is 2.00 bits per heavy atom. The van der Waals surface area contributed by atoms with Crippen LogP contribution in [0, 0.1) is 12.8 Å². The number of hydrogen-bond donors (Lipinski definition) is 1. The molecule has 1 aromatic carbocycles. The summed E-state index contributed by atoms with van der Waals surface area (Å²) >= 11 is 6.10. The van der Waals surface area contributed by atoms with Crippen molar-refractivity contribution in [3.63, 3.8) is 0 Å². The maximum absolute atomic E-state index is 6.10. The second-order valence-corrected chi connectivity index (χ2v) is 5.90. The Hall–Kier alpha value is -0.990. The summed E-state index contributed by atoms with van der Waals surface area (Å²) in [5.74, 6) is 1.49. The van der Waals surface area contributed by atoms with E-state index in [9.17, 15) is 0 Å². The Kier molecular flexibility index (Phi) is 4.54. The zero-order valence-electron chi connectivity index (χ0n) is 12.1. The highest BCUT2D eigenvalue weighted by Gasteiger charge is 2.19. The lowest BCUT2D eigenvalue weighted by Gasteiger charge is -2.19. The quantitative estimate of drug-likeness (QED) is 0.824. The summed E-state index contributed by atoms with van der Waals surface area (Å²) in [4.78, 5) is 0. The molecule has 0 aliphatic rings. The van der Waals surface area contributed by atoms with E-state index < -0.39 is 0 Å². The average Bonchev–Trinajstić information content (AvgIpc) is 2.73. The minimum absolute atomic E-state index is 0.255. The van der Waals surface area contributed by atoms with Gasteiger partial charge in [-0.1, -0.05) is 32.4 Å². The molecule has 0 bridgehead atoms. The molecule has 0 aliphatic carbocycles. The molecule has 19 heavy (non-hydrogen) atoms. The van der Waals surface area contributed by atoms with Gasteiger partial charge in [-0.25, -0.2) is 0 Å². The lowest BCUT2D eigenvalue weighted by molar-refractivity contribution is 0.351.